The molecule has 7 rings (SSSR count). The van der Waals surface area contributed by atoms with Gasteiger partial charge in [0.05, 0.1) is 91.4 Å². The van der Waals surface area contributed by atoms with Crippen molar-refractivity contribution < 1.29 is 18.4 Å². The highest BCUT2D eigenvalue weighted by atomic mass is 35.5. The van der Waals surface area contributed by atoms with E-state index in [-0.39, 0.29) is 12.4 Å². The van der Waals surface area contributed by atoms with Gasteiger partial charge in [-0.05, 0) is 70.8 Å². The van der Waals surface area contributed by atoms with Gasteiger partial charge in [-0.2, -0.15) is 0 Å². The molecule has 2 aliphatic heterocycles. The van der Waals surface area contributed by atoms with Crippen molar-refractivity contribution in [1.82, 2.24) is 19.9 Å². The first-order valence-electron chi connectivity index (χ1n) is 18.0. The fourth-order valence-electron chi connectivity index (χ4n) is 6.44. The minimum Gasteiger partial charge on any atom is -0.657 e. The molecule has 8 bridgehead atoms. The van der Waals surface area contributed by atoms with E-state index >= 15 is 0 Å². The van der Waals surface area contributed by atoms with E-state index < -0.39 is 0 Å². The lowest BCUT2D eigenvalue weighted by Crippen LogP contribution is -2.36. The summed E-state index contributed by atoms with van der Waals surface area (Å²) in [4.78, 5) is 20.3. The average Bonchev–Trinajstić information content (AvgIpc) is 3.93. The Kier molecular flexibility index (Phi) is 11.2. The molecular formula is C44H49ClN6O2. The second-order valence-corrected chi connectivity index (χ2v) is 15.5. The molecule has 0 fully saturated rings. The van der Waals surface area contributed by atoms with Gasteiger partial charge in [0.1, 0.15) is 11.5 Å². The molecule has 0 radical (unpaired) electrons. The third-order valence-corrected chi connectivity index (χ3v) is 9.03. The summed E-state index contributed by atoms with van der Waals surface area (Å²) in [5.74, 6) is 1.71. The number of quaternary nitrogens is 2. The molecule has 2 aromatic carbocycles. The van der Waals surface area contributed by atoms with Gasteiger partial charge in [-0.25, -0.2) is 9.97 Å². The smallest absolute Gasteiger partial charge is 0.119 e. The molecule has 5 heterocycles. The third kappa shape index (κ3) is 9.64. The van der Waals surface area contributed by atoms with Crippen molar-refractivity contribution in [2.75, 3.05) is 68.6 Å². The lowest BCUT2D eigenvalue weighted by Gasteiger charge is -2.23. The highest BCUT2D eigenvalue weighted by Crippen LogP contribution is 2.33. The van der Waals surface area contributed by atoms with Crippen molar-refractivity contribution in [2.24, 2.45) is 0 Å². The van der Waals surface area contributed by atoms with E-state index in [1.54, 1.807) is 0 Å². The maximum Gasteiger partial charge on any atom is 0.119 e. The molecule has 0 unspecified atom stereocenters. The summed E-state index contributed by atoms with van der Waals surface area (Å²) < 4.78 is 14.0. The molecule has 0 saturated carbocycles. The third-order valence-electron chi connectivity index (χ3n) is 9.03. The van der Waals surface area contributed by atoms with Gasteiger partial charge in [-0.3, -0.25) is 0 Å². The average molecular weight is 729 g/mol. The minimum absolute atomic E-state index is 0. The first-order valence-corrected chi connectivity index (χ1v) is 18.0. The van der Waals surface area contributed by atoms with Crippen LogP contribution in [0.1, 0.15) is 35.6 Å². The normalized spacial score (nSPS) is 12.5. The summed E-state index contributed by atoms with van der Waals surface area (Å²) in [5.41, 5.74) is 10.7. The number of benzene rings is 2. The van der Waals surface area contributed by atoms with Gasteiger partial charge in [0.15, 0.2) is 0 Å². The zero-order chi connectivity index (χ0) is 36.3. The standard InChI is InChI=1S/C44H48N6O2.ClH/c1-49(2,3)25-7-27-51-37-17-9-31(10-18-37)43-39-21-13-33(45-39)29-35-15-23-41(47-35)44(42-24-16-36(48-42)30-34-14-22-40(43)46-34)32-11-19-38(20-12-32)52-28-8-26-50(4,5)6;/h9-24,29-30H,7-8,25-28H2,1-6H3;1H. The Balaban J connectivity index is 0.00000481. The number of aromatic nitrogens is 4. The van der Waals surface area contributed by atoms with Crippen LogP contribution in [0.25, 0.3) is 68.6 Å². The van der Waals surface area contributed by atoms with Gasteiger partial charge in [0.25, 0.3) is 0 Å². The molecular weight excluding hydrogens is 680 g/mol. The summed E-state index contributed by atoms with van der Waals surface area (Å²) >= 11 is 0. The van der Waals surface area contributed by atoms with Gasteiger partial charge in [0.2, 0.25) is 0 Å². The number of hydrogen-bond acceptors (Lipinski definition) is 4. The van der Waals surface area contributed by atoms with Crippen LogP contribution in [0.15, 0.2) is 84.9 Å². The van der Waals surface area contributed by atoms with Crippen LogP contribution in [-0.4, -0.2) is 87.5 Å². The van der Waals surface area contributed by atoms with Gasteiger partial charge < -0.3 is 28.4 Å². The minimum atomic E-state index is 0. The Hall–Kier alpha value is -5.15. The van der Waals surface area contributed by atoms with Crippen LogP contribution in [0.5, 0.6) is 11.5 Å². The topological polar surface area (TPSA) is 72.4 Å². The number of rotatable bonds is 12. The molecule has 274 valence electrons. The lowest BCUT2D eigenvalue weighted by atomic mass is 10.0. The molecule has 2 aliphatic rings. The number of fused-ring (bicyclic) bond motifs is 8. The predicted octanol–water partition coefficient (Wildman–Crippen LogP) is 8.62. The van der Waals surface area contributed by atoms with Crippen LogP contribution in [0.2, 0.25) is 0 Å². The van der Waals surface area contributed by atoms with Gasteiger partial charge >= 0.3 is 0 Å². The van der Waals surface area contributed by atoms with E-state index in [4.69, 9.17) is 29.4 Å². The highest BCUT2D eigenvalue weighted by Gasteiger charge is 2.12. The number of halogens is 1. The van der Waals surface area contributed by atoms with Crippen molar-refractivity contribution in [3.8, 4) is 33.8 Å². The predicted molar refractivity (Wildman–Crippen MR) is 221 cm³/mol. The molecule has 53 heavy (non-hydrogen) atoms. The Morgan fingerprint density at radius 2 is 0.906 bits per heavy atom. The van der Waals surface area contributed by atoms with E-state index in [0.717, 1.165) is 113 Å². The zero-order valence-electron chi connectivity index (χ0n) is 31.5. The van der Waals surface area contributed by atoms with Crippen molar-refractivity contribution in [2.45, 2.75) is 12.8 Å². The first kappa shape index (κ1) is 37.6. The second-order valence-electron chi connectivity index (χ2n) is 15.5. The lowest BCUT2D eigenvalue weighted by molar-refractivity contribution is -0.870. The number of nitrogens with zero attached hydrogens (tertiary/aromatic N) is 6. The number of hydrogen-bond donors (Lipinski definition) is 0. The van der Waals surface area contributed by atoms with E-state index in [2.05, 4.69) is 90.8 Å². The fraction of sp³-hybridized carbons (Fsp3) is 0.273. The Morgan fingerprint density at radius 3 is 1.28 bits per heavy atom. The van der Waals surface area contributed by atoms with Crippen molar-refractivity contribution in [3.05, 3.63) is 108 Å². The van der Waals surface area contributed by atoms with Crippen LogP contribution in [0.3, 0.4) is 0 Å². The highest BCUT2D eigenvalue weighted by molar-refractivity contribution is 5.93. The van der Waals surface area contributed by atoms with Crippen LogP contribution in [0.4, 0.5) is 0 Å². The molecule has 9 heteroatoms. The summed E-state index contributed by atoms with van der Waals surface area (Å²) in [6.45, 7) is 3.49. The van der Waals surface area contributed by atoms with Crippen LogP contribution < -0.4 is 19.4 Å². The summed E-state index contributed by atoms with van der Waals surface area (Å²) in [6, 6.07) is 28.8. The quantitative estimate of drug-likeness (QED) is 0.0927. The van der Waals surface area contributed by atoms with E-state index in [9.17, 15) is 0 Å². The van der Waals surface area contributed by atoms with Gasteiger partial charge in [-0.15, -0.1) is 34.5 Å². The Morgan fingerprint density at radius 1 is 0.509 bits per heavy atom. The maximum atomic E-state index is 6.07. The first-order chi connectivity index (χ1) is 25.0. The largest absolute Gasteiger partial charge is 0.657 e. The molecule has 0 aliphatic carbocycles. The second kappa shape index (κ2) is 15.8. The summed E-state index contributed by atoms with van der Waals surface area (Å²) in [7, 11) is 13.2. The summed E-state index contributed by atoms with van der Waals surface area (Å²) in [5, 5.41) is 0. The van der Waals surface area contributed by atoms with Crippen LogP contribution in [-0.2, 0) is 0 Å². The van der Waals surface area contributed by atoms with Crippen molar-refractivity contribution in [3.63, 3.8) is 0 Å². The van der Waals surface area contributed by atoms with Crippen molar-refractivity contribution >= 4 is 58.8 Å². The molecule has 8 nitrogen and oxygen atoms in total. The molecule has 0 amide bonds. The molecule has 0 atom stereocenters. The maximum absolute atomic E-state index is 6.07. The fourth-order valence-corrected chi connectivity index (χ4v) is 6.44. The molecule has 0 N–H and O–H groups in total. The molecule has 3 aromatic heterocycles. The Bertz CT molecular complexity index is 2110. The monoisotopic (exact) mass is 728 g/mol. The van der Waals surface area contributed by atoms with Crippen LogP contribution in [0, 0.1) is 0 Å². The number of ether oxygens (including phenoxy) is 2. The van der Waals surface area contributed by atoms with Gasteiger partial charge in [-0.1, -0.05) is 60.7 Å². The Labute approximate surface area is 319 Å². The SMILES string of the molecule is C[N+](C)(C)CCCOc1ccc(-c2c3nc(cc4ccc([n-]4)c(-c4ccc(OCCC[N+](C)(C)C)cc4)c4nc(cc5ccc2[n-]5)C=C4)C=C3)cc1.Cl. The van der Waals surface area contributed by atoms with Crippen molar-refractivity contribution in [1.29, 1.82) is 0 Å². The molecule has 0 spiro atoms. The van der Waals surface area contributed by atoms with E-state index in [1.807, 2.05) is 60.7 Å². The molecule has 0 saturated heterocycles. The van der Waals surface area contributed by atoms with E-state index in [0.29, 0.717) is 13.2 Å². The van der Waals surface area contributed by atoms with E-state index in [1.165, 1.54) is 0 Å². The zero-order valence-corrected chi connectivity index (χ0v) is 32.4. The molecule has 5 aromatic rings. The van der Waals surface area contributed by atoms with Gasteiger partial charge in [0, 0.05) is 12.8 Å². The summed E-state index contributed by atoms with van der Waals surface area (Å²) in [6.07, 6.45) is 10.2. The van der Waals surface area contributed by atoms with Crippen LogP contribution >= 0.6 is 12.4 Å².